The van der Waals surface area contributed by atoms with Gasteiger partial charge in [-0.25, -0.2) is 0 Å². The van der Waals surface area contributed by atoms with Crippen molar-refractivity contribution in [3.05, 3.63) is 24.0 Å². The van der Waals surface area contributed by atoms with E-state index in [1.165, 1.54) is 5.56 Å². The summed E-state index contributed by atoms with van der Waals surface area (Å²) in [4.78, 5) is 13.1. The topological polar surface area (TPSA) is 37.3 Å². The number of aryl methyl sites for hydroxylation is 1. The van der Waals surface area contributed by atoms with E-state index in [1.54, 1.807) is 19.0 Å². The van der Waals surface area contributed by atoms with E-state index in [-0.39, 0.29) is 5.91 Å². The van der Waals surface area contributed by atoms with Crippen molar-refractivity contribution in [1.82, 2.24) is 14.8 Å². The second kappa shape index (κ2) is 8.00. The van der Waals surface area contributed by atoms with Crippen LogP contribution in [0.1, 0.15) is 44.7 Å². The van der Waals surface area contributed by atoms with Crippen LogP contribution in [0.15, 0.2) is 18.5 Å². The SMILES string of the molecule is CCCNC(C)c1ccn(CCCC(=O)N(C)C)c1. The third-order valence-corrected chi connectivity index (χ3v) is 3.28. The summed E-state index contributed by atoms with van der Waals surface area (Å²) in [5.41, 5.74) is 1.31. The van der Waals surface area contributed by atoms with Crippen LogP contribution in [-0.2, 0) is 11.3 Å². The molecule has 108 valence electrons. The van der Waals surface area contributed by atoms with Gasteiger partial charge in [0.2, 0.25) is 5.91 Å². The Morgan fingerprint density at radius 2 is 2.21 bits per heavy atom. The zero-order valence-electron chi connectivity index (χ0n) is 12.6. The van der Waals surface area contributed by atoms with E-state index < -0.39 is 0 Å². The summed E-state index contributed by atoms with van der Waals surface area (Å²) >= 11 is 0. The summed E-state index contributed by atoms with van der Waals surface area (Å²) in [6.45, 7) is 6.31. The number of carbonyl (C=O) groups is 1. The molecule has 0 saturated carbocycles. The fraction of sp³-hybridized carbons (Fsp3) is 0.667. The molecule has 4 heteroatoms. The van der Waals surface area contributed by atoms with Crippen molar-refractivity contribution in [2.75, 3.05) is 20.6 Å². The molecule has 1 N–H and O–H groups in total. The fourth-order valence-corrected chi connectivity index (χ4v) is 1.97. The standard InChI is InChI=1S/C15H27N3O/c1-5-9-16-13(2)14-8-11-18(12-14)10-6-7-15(19)17(3)4/h8,11-13,16H,5-7,9-10H2,1-4H3. The van der Waals surface area contributed by atoms with Crippen molar-refractivity contribution in [1.29, 1.82) is 0 Å². The minimum atomic E-state index is 0.199. The van der Waals surface area contributed by atoms with Gasteiger partial charge in [-0.3, -0.25) is 4.79 Å². The molecule has 0 aliphatic heterocycles. The van der Waals surface area contributed by atoms with Crippen LogP contribution < -0.4 is 5.32 Å². The lowest BCUT2D eigenvalue weighted by Crippen LogP contribution is -2.21. The monoisotopic (exact) mass is 265 g/mol. The Balaban J connectivity index is 2.36. The first-order chi connectivity index (χ1) is 9.04. The molecule has 1 aromatic heterocycles. The summed E-state index contributed by atoms with van der Waals surface area (Å²) in [6, 6.07) is 2.55. The highest BCUT2D eigenvalue weighted by Crippen LogP contribution is 2.13. The first-order valence-corrected chi connectivity index (χ1v) is 7.13. The minimum Gasteiger partial charge on any atom is -0.354 e. The molecule has 1 atom stereocenters. The molecule has 19 heavy (non-hydrogen) atoms. The molecule has 1 unspecified atom stereocenters. The summed E-state index contributed by atoms with van der Waals surface area (Å²) in [5.74, 6) is 0.199. The molecule has 1 amide bonds. The number of hydrogen-bond acceptors (Lipinski definition) is 2. The molecule has 1 heterocycles. The van der Waals surface area contributed by atoms with Crippen molar-refractivity contribution in [3.63, 3.8) is 0 Å². The summed E-state index contributed by atoms with van der Waals surface area (Å²) < 4.78 is 2.17. The van der Waals surface area contributed by atoms with Crippen LogP contribution in [0, 0.1) is 0 Å². The quantitative estimate of drug-likeness (QED) is 0.784. The maximum Gasteiger partial charge on any atom is 0.222 e. The van der Waals surface area contributed by atoms with Gasteiger partial charge < -0.3 is 14.8 Å². The van der Waals surface area contributed by atoms with Gasteiger partial charge in [-0.15, -0.1) is 0 Å². The van der Waals surface area contributed by atoms with E-state index in [2.05, 4.69) is 42.2 Å². The highest BCUT2D eigenvalue weighted by atomic mass is 16.2. The van der Waals surface area contributed by atoms with Crippen LogP contribution >= 0.6 is 0 Å². The first-order valence-electron chi connectivity index (χ1n) is 7.13. The lowest BCUT2D eigenvalue weighted by atomic mass is 10.2. The lowest BCUT2D eigenvalue weighted by molar-refractivity contribution is -0.128. The van der Waals surface area contributed by atoms with Crippen molar-refractivity contribution < 1.29 is 4.79 Å². The van der Waals surface area contributed by atoms with Crippen LogP contribution in [0.5, 0.6) is 0 Å². The predicted octanol–water partition coefficient (Wildman–Crippen LogP) is 2.42. The van der Waals surface area contributed by atoms with Gasteiger partial charge in [0.15, 0.2) is 0 Å². The number of amides is 1. The van der Waals surface area contributed by atoms with Gasteiger partial charge >= 0.3 is 0 Å². The van der Waals surface area contributed by atoms with Crippen molar-refractivity contribution >= 4 is 5.91 Å². The minimum absolute atomic E-state index is 0.199. The third kappa shape index (κ3) is 5.47. The lowest BCUT2D eigenvalue weighted by Gasteiger charge is -2.11. The van der Waals surface area contributed by atoms with Crippen LogP contribution in [-0.4, -0.2) is 36.0 Å². The Labute approximate surface area is 116 Å². The molecule has 0 aromatic carbocycles. The molecular formula is C15H27N3O. The van der Waals surface area contributed by atoms with Gasteiger partial charge in [0.25, 0.3) is 0 Å². The zero-order valence-corrected chi connectivity index (χ0v) is 12.6. The second-order valence-electron chi connectivity index (χ2n) is 5.25. The first kappa shape index (κ1) is 15.8. The van der Waals surface area contributed by atoms with E-state index in [0.29, 0.717) is 12.5 Å². The highest BCUT2D eigenvalue weighted by Gasteiger charge is 2.07. The van der Waals surface area contributed by atoms with E-state index in [1.807, 2.05) is 0 Å². The Morgan fingerprint density at radius 1 is 1.47 bits per heavy atom. The van der Waals surface area contributed by atoms with Gasteiger partial charge in [0.05, 0.1) is 0 Å². The zero-order chi connectivity index (χ0) is 14.3. The molecule has 0 aliphatic carbocycles. The Kier molecular flexibility index (Phi) is 6.64. The van der Waals surface area contributed by atoms with Crippen LogP contribution in [0.25, 0.3) is 0 Å². The number of carbonyl (C=O) groups excluding carboxylic acids is 1. The van der Waals surface area contributed by atoms with Gasteiger partial charge in [0.1, 0.15) is 0 Å². The summed E-state index contributed by atoms with van der Waals surface area (Å²) in [5, 5.41) is 3.48. The van der Waals surface area contributed by atoms with Gasteiger partial charge in [-0.1, -0.05) is 6.92 Å². The highest BCUT2D eigenvalue weighted by molar-refractivity contribution is 5.75. The van der Waals surface area contributed by atoms with Crippen LogP contribution in [0.4, 0.5) is 0 Å². The van der Waals surface area contributed by atoms with Crippen molar-refractivity contribution in [3.8, 4) is 0 Å². The average molecular weight is 265 g/mol. The molecule has 1 aromatic rings. The number of nitrogens with zero attached hydrogens (tertiary/aromatic N) is 2. The number of nitrogens with one attached hydrogen (secondary N) is 1. The number of aromatic nitrogens is 1. The smallest absolute Gasteiger partial charge is 0.222 e. The van der Waals surface area contributed by atoms with Gasteiger partial charge in [0, 0.05) is 45.5 Å². The molecule has 1 rings (SSSR count). The van der Waals surface area contributed by atoms with Crippen LogP contribution in [0.2, 0.25) is 0 Å². The molecule has 0 radical (unpaired) electrons. The van der Waals surface area contributed by atoms with Gasteiger partial charge in [-0.05, 0) is 37.9 Å². The maximum atomic E-state index is 11.5. The van der Waals surface area contributed by atoms with Crippen molar-refractivity contribution in [2.24, 2.45) is 0 Å². The molecular weight excluding hydrogens is 238 g/mol. The van der Waals surface area contributed by atoms with E-state index in [4.69, 9.17) is 0 Å². The summed E-state index contributed by atoms with van der Waals surface area (Å²) in [6.07, 6.45) is 6.93. The van der Waals surface area contributed by atoms with Gasteiger partial charge in [-0.2, -0.15) is 0 Å². The third-order valence-electron chi connectivity index (χ3n) is 3.28. The Hall–Kier alpha value is -1.29. The van der Waals surface area contributed by atoms with E-state index >= 15 is 0 Å². The van der Waals surface area contributed by atoms with Crippen LogP contribution in [0.3, 0.4) is 0 Å². The number of hydrogen-bond donors (Lipinski definition) is 1. The second-order valence-corrected chi connectivity index (χ2v) is 5.25. The fourth-order valence-electron chi connectivity index (χ4n) is 1.97. The predicted molar refractivity (Wildman–Crippen MR) is 79.1 cm³/mol. The Bertz CT molecular complexity index is 384. The van der Waals surface area contributed by atoms with E-state index in [0.717, 1.165) is 25.9 Å². The molecule has 0 bridgehead atoms. The molecule has 4 nitrogen and oxygen atoms in total. The van der Waals surface area contributed by atoms with Crippen molar-refractivity contribution in [2.45, 2.75) is 45.7 Å². The maximum absolute atomic E-state index is 11.5. The molecule has 0 spiro atoms. The van der Waals surface area contributed by atoms with E-state index in [9.17, 15) is 4.79 Å². The normalized spacial score (nSPS) is 12.4. The number of rotatable bonds is 8. The molecule has 0 fully saturated rings. The Morgan fingerprint density at radius 3 is 2.84 bits per heavy atom. The average Bonchev–Trinajstić information content (AvgIpc) is 2.84. The summed E-state index contributed by atoms with van der Waals surface area (Å²) in [7, 11) is 3.61. The molecule has 0 aliphatic rings. The molecule has 0 saturated heterocycles. The largest absolute Gasteiger partial charge is 0.354 e.